The van der Waals surface area contributed by atoms with Gasteiger partial charge in [-0.05, 0) is 72.2 Å². The highest BCUT2D eigenvalue weighted by Crippen LogP contribution is 2.22. The fraction of sp³-hybridized carbons (Fsp3) is 0.611. The second-order valence-corrected chi connectivity index (χ2v) is 21.9. The monoisotopic (exact) mass is 381 g/mol. The van der Waals surface area contributed by atoms with Crippen LogP contribution < -0.4 is 5.19 Å². The Labute approximate surface area is 152 Å². The van der Waals surface area contributed by atoms with E-state index in [0.717, 1.165) is 5.56 Å². The third-order valence-corrected chi connectivity index (χ3v) is 12.5. The molecule has 0 unspecified atom stereocenters. The highest BCUT2D eigenvalue weighted by molar-refractivity contribution is 6.94. The van der Waals surface area contributed by atoms with Crippen LogP contribution in [0.5, 0.6) is 0 Å². The predicted molar refractivity (Wildman–Crippen MR) is 114 cm³/mol. The van der Waals surface area contributed by atoms with Crippen LogP contribution in [-0.2, 0) is 8.23 Å². The number of hydrogen-bond donors (Lipinski definition) is 0. The maximum atomic E-state index is 6.69. The van der Waals surface area contributed by atoms with Crippen LogP contribution >= 0.6 is 0 Å². The maximum absolute atomic E-state index is 6.69. The van der Waals surface area contributed by atoms with Gasteiger partial charge in [-0.3, -0.25) is 4.99 Å². The molecule has 0 spiro atoms. The van der Waals surface area contributed by atoms with Crippen LogP contribution in [0.1, 0.15) is 26.3 Å². The van der Waals surface area contributed by atoms with Crippen molar-refractivity contribution < 1.29 is 8.23 Å². The van der Waals surface area contributed by atoms with Gasteiger partial charge in [0, 0.05) is 11.4 Å². The first-order chi connectivity index (χ1) is 10.6. The van der Waals surface area contributed by atoms with E-state index < -0.39 is 25.2 Å². The minimum Gasteiger partial charge on any atom is -0.433 e. The van der Waals surface area contributed by atoms with Crippen LogP contribution in [0.2, 0.25) is 45.8 Å². The third kappa shape index (κ3) is 7.57. The van der Waals surface area contributed by atoms with Gasteiger partial charge in [-0.2, -0.15) is 0 Å². The summed E-state index contributed by atoms with van der Waals surface area (Å²) in [4.78, 5) is 4.70. The molecule has 0 aliphatic rings. The standard InChI is InChI=1S/C18H35NO2Si3/c1-18(2,3)19-15-16-13-11-12-14-17(16)24(10,20-22(4,5)6)21-23(7,8)9/h11-15H,1-10H3. The van der Waals surface area contributed by atoms with E-state index in [4.69, 9.17) is 13.2 Å². The quantitative estimate of drug-likeness (QED) is 0.519. The lowest BCUT2D eigenvalue weighted by molar-refractivity contribution is 0.404. The molecule has 24 heavy (non-hydrogen) atoms. The molecule has 0 aliphatic carbocycles. The van der Waals surface area contributed by atoms with E-state index in [9.17, 15) is 0 Å². The molecule has 1 rings (SSSR count). The Hall–Kier alpha value is -0.539. The zero-order chi connectivity index (χ0) is 18.8. The molecule has 0 saturated heterocycles. The van der Waals surface area contributed by atoms with E-state index in [-0.39, 0.29) is 5.54 Å². The van der Waals surface area contributed by atoms with Gasteiger partial charge in [0.05, 0.1) is 5.54 Å². The summed E-state index contributed by atoms with van der Waals surface area (Å²) in [6.45, 7) is 21.9. The Bertz CT molecular complexity index is 565. The van der Waals surface area contributed by atoms with Gasteiger partial charge in [0.2, 0.25) is 0 Å². The van der Waals surface area contributed by atoms with Crippen molar-refractivity contribution in [2.24, 2.45) is 4.99 Å². The summed E-state index contributed by atoms with van der Waals surface area (Å²) < 4.78 is 13.4. The van der Waals surface area contributed by atoms with Gasteiger partial charge in [-0.15, -0.1) is 0 Å². The number of benzene rings is 1. The predicted octanol–water partition coefficient (Wildman–Crippen LogP) is 4.89. The van der Waals surface area contributed by atoms with Crippen molar-refractivity contribution in [3.8, 4) is 0 Å². The first-order valence-corrected chi connectivity index (χ1v) is 17.8. The average molecular weight is 382 g/mol. The van der Waals surface area contributed by atoms with Crippen molar-refractivity contribution in [2.75, 3.05) is 0 Å². The summed E-state index contributed by atoms with van der Waals surface area (Å²) in [7, 11) is -5.99. The van der Waals surface area contributed by atoms with E-state index >= 15 is 0 Å². The summed E-state index contributed by atoms with van der Waals surface area (Å²) in [6, 6.07) is 8.43. The lowest BCUT2D eigenvalue weighted by atomic mass is 10.1. The van der Waals surface area contributed by atoms with Gasteiger partial charge in [-0.1, -0.05) is 24.3 Å². The largest absolute Gasteiger partial charge is 0.433 e. The minimum atomic E-state index is -2.51. The molecule has 0 saturated carbocycles. The van der Waals surface area contributed by atoms with Gasteiger partial charge in [0.25, 0.3) is 0 Å². The number of hydrogen-bond acceptors (Lipinski definition) is 3. The summed E-state index contributed by atoms with van der Waals surface area (Å²) >= 11 is 0. The second-order valence-electron chi connectivity index (χ2n) is 9.39. The third-order valence-electron chi connectivity index (χ3n) is 3.04. The van der Waals surface area contributed by atoms with Crippen LogP contribution in [0, 0.1) is 0 Å². The minimum absolute atomic E-state index is 0.0929. The van der Waals surface area contributed by atoms with Crippen LogP contribution in [0.15, 0.2) is 29.3 Å². The zero-order valence-corrected chi connectivity index (χ0v) is 20.2. The van der Waals surface area contributed by atoms with E-state index in [1.807, 2.05) is 6.21 Å². The average Bonchev–Trinajstić information content (AvgIpc) is 2.31. The smallest absolute Gasteiger partial charge is 0.349 e. The Morgan fingerprint density at radius 1 is 0.833 bits per heavy atom. The number of aliphatic imine (C=N–C) groups is 1. The highest BCUT2D eigenvalue weighted by Gasteiger charge is 2.43. The molecule has 1 aromatic carbocycles. The normalized spacial score (nSPS) is 14.4. The van der Waals surface area contributed by atoms with Crippen LogP contribution in [-0.4, -0.2) is 36.9 Å². The van der Waals surface area contributed by atoms with Gasteiger partial charge in [-0.25, -0.2) is 0 Å². The first-order valence-electron chi connectivity index (χ1n) is 8.66. The molecule has 0 bridgehead atoms. The summed E-state index contributed by atoms with van der Waals surface area (Å²) in [6.07, 6.45) is 1.99. The molecular formula is C18H35NO2Si3. The molecule has 136 valence electrons. The summed E-state index contributed by atoms with van der Waals surface area (Å²) in [5.74, 6) is 0. The summed E-state index contributed by atoms with van der Waals surface area (Å²) in [5, 5.41) is 1.20. The topological polar surface area (TPSA) is 30.8 Å². The molecule has 0 atom stereocenters. The Morgan fingerprint density at radius 3 is 1.71 bits per heavy atom. The van der Waals surface area contributed by atoms with E-state index in [0.29, 0.717) is 0 Å². The number of nitrogens with zero attached hydrogens (tertiary/aromatic N) is 1. The fourth-order valence-electron chi connectivity index (χ4n) is 2.59. The molecule has 3 nitrogen and oxygen atoms in total. The SMILES string of the molecule is CC(C)(C)N=Cc1ccccc1[Si](C)(O[Si](C)(C)C)O[Si](C)(C)C. The van der Waals surface area contributed by atoms with Crippen LogP contribution in [0.4, 0.5) is 0 Å². The van der Waals surface area contributed by atoms with Crippen molar-refractivity contribution in [2.45, 2.75) is 72.1 Å². The Kier molecular flexibility index (Phi) is 6.60. The molecule has 0 heterocycles. The Morgan fingerprint density at radius 2 is 1.29 bits per heavy atom. The van der Waals surface area contributed by atoms with Gasteiger partial charge < -0.3 is 8.23 Å². The molecular weight excluding hydrogens is 346 g/mol. The lowest BCUT2D eigenvalue weighted by Gasteiger charge is -2.39. The molecule has 6 heteroatoms. The van der Waals surface area contributed by atoms with Gasteiger partial charge in [0.15, 0.2) is 16.6 Å². The molecule has 0 N–H and O–H groups in total. The second kappa shape index (κ2) is 7.37. The van der Waals surface area contributed by atoms with E-state index in [1.54, 1.807) is 0 Å². The molecule has 0 fully saturated rings. The molecule has 0 radical (unpaired) electrons. The Balaban J connectivity index is 3.41. The lowest BCUT2D eigenvalue weighted by Crippen LogP contribution is -2.61. The van der Waals surface area contributed by atoms with Crippen molar-refractivity contribution >= 4 is 36.6 Å². The summed E-state index contributed by atoms with van der Waals surface area (Å²) in [5.41, 5.74) is 1.03. The van der Waals surface area contributed by atoms with Crippen molar-refractivity contribution in [3.63, 3.8) is 0 Å². The van der Waals surface area contributed by atoms with Gasteiger partial charge >= 0.3 is 8.56 Å². The molecule has 0 aromatic heterocycles. The van der Waals surface area contributed by atoms with E-state index in [2.05, 4.69) is 90.9 Å². The molecule has 0 amide bonds. The van der Waals surface area contributed by atoms with Crippen molar-refractivity contribution in [1.29, 1.82) is 0 Å². The zero-order valence-electron chi connectivity index (χ0n) is 17.2. The number of rotatable bonds is 6. The maximum Gasteiger partial charge on any atom is 0.349 e. The van der Waals surface area contributed by atoms with Crippen molar-refractivity contribution in [3.05, 3.63) is 29.8 Å². The molecule has 1 aromatic rings. The van der Waals surface area contributed by atoms with E-state index in [1.165, 1.54) is 5.19 Å². The molecule has 0 aliphatic heterocycles. The first kappa shape index (κ1) is 21.5. The van der Waals surface area contributed by atoms with Crippen LogP contribution in [0.3, 0.4) is 0 Å². The van der Waals surface area contributed by atoms with Crippen LogP contribution in [0.25, 0.3) is 0 Å². The highest BCUT2D eigenvalue weighted by atomic mass is 28.5. The van der Waals surface area contributed by atoms with Crippen molar-refractivity contribution in [1.82, 2.24) is 0 Å². The van der Waals surface area contributed by atoms with Gasteiger partial charge in [0.1, 0.15) is 0 Å². The fourth-order valence-corrected chi connectivity index (χ4v) is 14.4.